The molecule has 0 saturated carbocycles. The molecule has 2 aromatic rings. The molecule has 1 N–H and O–H groups in total. The molecule has 0 atom stereocenters. The summed E-state index contributed by atoms with van der Waals surface area (Å²) in [6.07, 6.45) is 0. The van der Waals surface area contributed by atoms with Crippen LogP contribution in [0.2, 0.25) is 0 Å². The number of oxazole rings is 1. The van der Waals surface area contributed by atoms with E-state index < -0.39 is 0 Å². The fraction of sp³-hybridized carbons (Fsp3) is 0.273. The van der Waals surface area contributed by atoms with Crippen molar-refractivity contribution in [1.82, 2.24) is 10.3 Å². The number of amides is 1. The summed E-state index contributed by atoms with van der Waals surface area (Å²) in [5.74, 6) is 0.431. The van der Waals surface area contributed by atoms with Gasteiger partial charge in [-0.3, -0.25) is 4.79 Å². The molecule has 0 saturated heterocycles. The van der Waals surface area contributed by atoms with Crippen molar-refractivity contribution in [2.45, 2.75) is 13.5 Å². The minimum atomic E-state index is -0.182. The highest BCUT2D eigenvalue weighted by Gasteiger charge is 2.04. The van der Waals surface area contributed by atoms with Crippen molar-refractivity contribution in [1.29, 1.82) is 0 Å². The normalized spacial score (nSPS) is 10.6. The number of halogens is 1. The van der Waals surface area contributed by atoms with Gasteiger partial charge in [0.1, 0.15) is 11.4 Å². The number of hydrogen-bond acceptors (Lipinski definition) is 3. The molecule has 2 rings (SSSR count). The molecule has 1 amide bonds. The second-order valence-corrected chi connectivity index (χ2v) is 3.71. The Balaban J connectivity index is 2.16. The summed E-state index contributed by atoms with van der Waals surface area (Å²) >= 11 is 5.38. The van der Waals surface area contributed by atoms with Crippen LogP contribution in [0.3, 0.4) is 0 Å². The smallest absolute Gasteiger partial charge is 0.235 e. The van der Waals surface area contributed by atoms with Crippen LogP contribution in [-0.2, 0) is 11.3 Å². The summed E-state index contributed by atoms with van der Waals surface area (Å²) in [7, 11) is 0. The van der Waals surface area contributed by atoms with Crippen LogP contribution < -0.4 is 5.32 Å². The lowest BCUT2D eigenvalue weighted by Gasteiger charge is -2.02. The molecule has 1 aromatic carbocycles. The van der Waals surface area contributed by atoms with Gasteiger partial charge in [0.25, 0.3) is 0 Å². The Hall–Kier alpha value is -1.55. The van der Waals surface area contributed by atoms with Crippen LogP contribution in [0.5, 0.6) is 0 Å². The van der Waals surface area contributed by atoms with Crippen LogP contribution in [0.15, 0.2) is 22.6 Å². The summed E-state index contributed by atoms with van der Waals surface area (Å²) in [6.45, 7) is 2.25. The number of carbonyl (C=O) groups excluding carboxylic acids is 1. The van der Waals surface area contributed by atoms with E-state index in [1.165, 1.54) is 0 Å². The van der Waals surface area contributed by atoms with Crippen LogP contribution >= 0.6 is 11.6 Å². The standard InChI is InChI=1S/C11H11ClN2O2/c1-7-14-9-4-8(2-3-10(9)16-7)6-13-11(15)5-12/h2-4H,5-6H2,1H3,(H,13,15). The Morgan fingerprint density at radius 2 is 2.38 bits per heavy atom. The summed E-state index contributed by atoms with van der Waals surface area (Å²) in [4.78, 5) is 15.2. The minimum Gasteiger partial charge on any atom is -0.441 e. The maximum absolute atomic E-state index is 11.0. The average molecular weight is 239 g/mol. The number of benzene rings is 1. The molecule has 0 aliphatic rings. The molecule has 16 heavy (non-hydrogen) atoms. The molecule has 0 spiro atoms. The van der Waals surface area contributed by atoms with Crippen LogP contribution in [-0.4, -0.2) is 16.8 Å². The van der Waals surface area contributed by atoms with Crippen molar-refractivity contribution in [3.8, 4) is 0 Å². The van der Waals surface area contributed by atoms with Gasteiger partial charge in [0.15, 0.2) is 11.5 Å². The largest absolute Gasteiger partial charge is 0.441 e. The maximum Gasteiger partial charge on any atom is 0.235 e. The first-order chi connectivity index (χ1) is 7.69. The van der Waals surface area contributed by atoms with Gasteiger partial charge in [-0.15, -0.1) is 11.6 Å². The number of fused-ring (bicyclic) bond motifs is 1. The second kappa shape index (κ2) is 4.53. The number of aryl methyl sites for hydroxylation is 1. The van der Waals surface area contributed by atoms with Crippen molar-refractivity contribution < 1.29 is 9.21 Å². The number of nitrogens with one attached hydrogen (secondary N) is 1. The highest BCUT2D eigenvalue weighted by atomic mass is 35.5. The third-order valence-electron chi connectivity index (χ3n) is 2.17. The predicted molar refractivity (Wildman–Crippen MR) is 61.3 cm³/mol. The fourth-order valence-electron chi connectivity index (χ4n) is 1.45. The molecule has 0 unspecified atom stereocenters. The van der Waals surface area contributed by atoms with Gasteiger partial charge >= 0.3 is 0 Å². The average Bonchev–Trinajstić information content (AvgIpc) is 2.65. The van der Waals surface area contributed by atoms with Crippen LogP contribution in [0, 0.1) is 6.92 Å². The molecule has 4 nitrogen and oxygen atoms in total. The highest BCUT2D eigenvalue weighted by Crippen LogP contribution is 2.16. The van der Waals surface area contributed by atoms with Crippen molar-refractivity contribution in [3.05, 3.63) is 29.7 Å². The van der Waals surface area contributed by atoms with Crippen molar-refractivity contribution in [2.75, 3.05) is 5.88 Å². The van der Waals surface area contributed by atoms with Gasteiger partial charge in [-0.1, -0.05) is 6.07 Å². The molecule has 5 heteroatoms. The number of aromatic nitrogens is 1. The lowest BCUT2D eigenvalue weighted by atomic mass is 10.2. The lowest BCUT2D eigenvalue weighted by Crippen LogP contribution is -2.23. The van der Waals surface area contributed by atoms with Crippen LogP contribution in [0.25, 0.3) is 11.1 Å². The van der Waals surface area contributed by atoms with Crippen molar-refractivity contribution in [2.24, 2.45) is 0 Å². The van der Waals surface area contributed by atoms with Crippen molar-refractivity contribution >= 4 is 28.6 Å². The lowest BCUT2D eigenvalue weighted by molar-refractivity contribution is -0.118. The Morgan fingerprint density at radius 3 is 3.12 bits per heavy atom. The van der Waals surface area contributed by atoms with Gasteiger partial charge in [-0.25, -0.2) is 4.98 Å². The van der Waals surface area contributed by atoms with E-state index in [1.807, 2.05) is 18.2 Å². The monoisotopic (exact) mass is 238 g/mol. The van der Waals surface area contributed by atoms with Crippen LogP contribution in [0.4, 0.5) is 0 Å². The molecule has 84 valence electrons. The van der Waals surface area contributed by atoms with Gasteiger partial charge in [0, 0.05) is 13.5 Å². The van der Waals surface area contributed by atoms with Gasteiger partial charge in [-0.2, -0.15) is 0 Å². The van der Waals surface area contributed by atoms with Gasteiger partial charge < -0.3 is 9.73 Å². The first-order valence-electron chi connectivity index (χ1n) is 4.88. The van der Waals surface area contributed by atoms with Gasteiger partial charge in [0.05, 0.1) is 0 Å². The molecular formula is C11H11ClN2O2. The van der Waals surface area contributed by atoms with E-state index in [9.17, 15) is 4.79 Å². The topological polar surface area (TPSA) is 55.1 Å². The number of rotatable bonds is 3. The van der Waals surface area contributed by atoms with E-state index in [-0.39, 0.29) is 11.8 Å². The predicted octanol–water partition coefficient (Wildman–Crippen LogP) is 1.99. The molecule has 1 aromatic heterocycles. The number of alkyl halides is 1. The summed E-state index contributed by atoms with van der Waals surface area (Å²) in [6, 6.07) is 5.62. The van der Waals surface area contributed by atoms with E-state index in [0.29, 0.717) is 12.4 Å². The summed E-state index contributed by atoms with van der Waals surface area (Å²) in [5.41, 5.74) is 2.53. The highest BCUT2D eigenvalue weighted by molar-refractivity contribution is 6.27. The van der Waals surface area contributed by atoms with Crippen LogP contribution in [0.1, 0.15) is 11.5 Å². The third-order valence-corrected chi connectivity index (χ3v) is 2.41. The molecule has 0 aliphatic heterocycles. The maximum atomic E-state index is 11.0. The zero-order chi connectivity index (χ0) is 11.5. The number of carbonyl (C=O) groups is 1. The SMILES string of the molecule is Cc1nc2cc(CNC(=O)CCl)ccc2o1. The van der Waals surface area contributed by atoms with Gasteiger partial charge in [0.2, 0.25) is 5.91 Å². The Kier molecular flexibility index (Phi) is 3.10. The zero-order valence-electron chi connectivity index (χ0n) is 8.79. The third kappa shape index (κ3) is 2.33. The van der Waals surface area contributed by atoms with Gasteiger partial charge in [-0.05, 0) is 17.7 Å². The molecule has 0 fully saturated rings. The van der Waals surface area contributed by atoms with E-state index >= 15 is 0 Å². The molecule has 0 bridgehead atoms. The van der Waals surface area contributed by atoms with E-state index in [0.717, 1.165) is 16.7 Å². The zero-order valence-corrected chi connectivity index (χ0v) is 9.54. The van der Waals surface area contributed by atoms with E-state index in [4.69, 9.17) is 16.0 Å². The van der Waals surface area contributed by atoms with Crippen molar-refractivity contribution in [3.63, 3.8) is 0 Å². The first-order valence-corrected chi connectivity index (χ1v) is 5.41. The number of hydrogen-bond donors (Lipinski definition) is 1. The molecule has 1 heterocycles. The molecule has 0 aliphatic carbocycles. The Bertz CT molecular complexity index is 522. The number of nitrogens with zero attached hydrogens (tertiary/aromatic N) is 1. The quantitative estimate of drug-likeness (QED) is 0.832. The minimum absolute atomic E-state index is 0.0225. The van der Waals surface area contributed by atoms with E-state index in [2.05, 4.69) is 10.3 Å². The first kappa shape index (κ1) is 11.0. The Labute approximate surface area is 97.6 Å². The fourth-order valence-corrected chi connectivity index (χ4v) is 1.54. The second-order valence-electron chi connectivity index (χ2n) is 3.45. The molecular weight excluding hydrogens is 228 g/mol. The van der Waals surface area contributed by atoms with E-state index in [1.54, 1.807) is 6.92 Å². The Morgan fingerprint density at radius 1 is 1.56 bits per heavy atom. The molecule has 0 radical (unpaired) electrons. The summed E-state index contributed by atoms with van der Waals surface area (Å²) in [5, 5.41) is 2.69. The summed E-state index contributed by atoms with van der Waals surface area (Å²) < 4.78 is 5.35.